The highest BCUT2D eigenvalue weighted by Crippen LogP contribution is 2.34. The fraction of sp³-hybridized carbons (Fsp3) is 0.632. The van der Waals surface area contributed by atoms with Crippen LogP contribution in [0.25, 0.3) is 0 Å². The largest absolute Gasteiger partial charge is 0.493 e. The molecule has 2 N–H and O–H groups in total. The number of hydrogen-bond acceptors (Lipinski definition) is 4. The van der Waals surface area contributed by atoms with Crippen molar-refractivity contribution < 1.29 is 23.0 Å². The number of alkyl halides is 2. The Hall–Kier alpha value is -1.36. The number of benzene rings is 1. The predicted octanol–water partition coefficient (Wildman–Crippen LogP) is 3.33. The van der Waals surface area contributed by atoms with Crippen LogP contribution >= 0.6 is 24.0 Å². The van der Waals surface area contributed by atoms with Gasteiger partial charge < -0.3 is 24.8 Å². The predicted molar refractivity (Wildman–Crippen MR) is 114 cm³/mol. The van der Waals surface area contributed by atoms with Gasteiger partial charge in [-0.1, -0.05) is 6.07 Å². The Kier molecular flexibility index (Phi) is 9.00. The van der Waals surface area contributed by atoms with E-state index in [1.807, 2.05) is 13.0 Å². The van der Waals surface area contributed by atoms with E-state index < -0.39 is 6.61 Å². The van der Waals surface area contributed by atoms with Crippen molar-refractivity contribution in [1.82, 2.24) is 10.6 Å². The minimum atomic E-state index is -2.89. The zero-order valence-electron chi connectivity index (χ0n) is 16.1. The van der Waals surface area contributed by atoms with Gasteiger partial charge in [0.25, 0.3) is 0 Å². The van der Waals surface area contributed by atoms with Crippen LogP contribution in [0.2, 0.25) is 0 Å². The monoisotopic (exact) mass is 511 g/mol. The van der Waals surface area contributed by atoms with Crippen molar-refractivity contribution in [1.29, 1.82) is 0 Å². The first-order chi connectivity index (χ1) is 13.1. The van der Waals surface area contributed by atoms with Gasteiger partial charge in [0.15, 0.2) is 17.5 Å². The smallest absolute Gasteiger partial charge is 0.387 e. The summed E-state index contributed by atoms with van der Waals surface area (Å²) in [4.78, 5) is 4.61. The number of nitrogens with one attached hydrogen (secondary N) is 2. The molecule has 0 aromatic heterocycles. The van der Waals surface area contributed by atoms with E-state index in [4.69, 9.17) is 9.47 Å². The van der Waals surface area contributed by atoms with E-state index in [1.165, 1.54) is 7.11 Å². The van der Waals surface area contributed by atoms with Crippen molar-refractivity contribution in [2.24, 2.45) is 4.99 Å². The van der Waals surface area contributed by atoms with E-state index in [0.29, 0.717) is 25.1 Å². The van der Waals surface area contributed by atoms with Gasteiger partial charge in [0.1, 0.15) is 0 Å². The molecule has 3 unspecified atom stereocenters. The van der Waals surface area contributed by atoms with E-state index in [0.717, 1.165) is 37.3 Å². The van der Waals surface area contributed by atoms with Crippen molar-refractivity contribution in [3.8, 4) is 11.5 Å². The summed E-state index contributed by atoms with van der Waals surface area (Å²) in [6.07, 6.45) is 4.52. The van der Waals surface area contributed by atoms with E-state index in [1.54, 1.807) is 12.1 Å². The van der Waals surface area contributed by atoms with Crippen molar-refractivity contribution in [3.05, 3.63) is 23.8 Å². The summed E-state index contributed by atoms with van der Waals surface area (Å²) in [5, 5.41) is 6.71. The van der Waals surface area contributed by atoms with Crippen LogP contribution in [0.4, 0.5) is 8.78 Å². The van der Waals surface area contributed by atoms with Crippen LogP contribution in [-0.2, 0) is 11.2 Å². The lowest BCUT2D eigenvalue weighted by molar-refractivity contribution is -0.0512. The third kappa shape index (κ3) is 6.07. The van der Waals surface area contributed by atoms with Gasteiger partial charge in [-0.05, 0) is 50.3 Å². The first-order valence-electron chi connectivity index (χ1n) is 9.41. The van der Waals surface area contributed by atoms with Crippen LogP contribution in [0, 0.1) is 0 Å². The van der Waals surface area contributed by atoms with Gasteiger partial charge in [0.05, 0.1) is 25.4 Å². The van der Waals surface area contributed by atoms with Gasteiger partial charge >= 0.3 is 6.61 Å². The quantitative estimate of drug-likeness (QED) is 0.319. The number of halogens is 3. The summed E-state index contributed by atoms with van der Waals surface area (Å²) in [5.41, 5.74) is 0.856. The van der Waals surface area contributed by atoms with Crippen molar-refractivity contribution in [3.63, 3.8) is 0 Å². The summed E-state index contributed by atoms with van der Waals surface area (Å²) in [6, 6.07) is 5.34. The Morgan fingerprint density at radius 1 is 1.32 bits per heavy atom. The molecule has 0 radical (unpaired) electrons. The van der Waals surface area contributed by atoms with E-state index in [9.17, 15) is 8.78 Å². The zero-order chi connectivity index (χ0) is 19.2. The molecular formula is C19H28F2IN3O3. The molecule has 1 aromatic rings. The lowest BCUT2D eigenvalue weighted by Gasteiger charge is -2.22. The number of rotatable bonds is 8. The van der Waals surface area contributed by atoms with Gasteiger partial charge in [0.2, 0.25) is 0 Å². The normalized spacial score (nSPS) is 23.5. The second-order valence-corrected chi connectivity index (χ2v) is 6.73. The fourth-order valence-electron chi connectivity index (χ4n) is 3.65. The zero-order valence-corrected chi connectivity index (χ0v) is 18.5. The Morgan fingerprint density at radius 2 is 2.14 bits per heavy atom. The molecule has 3 atom stereocenters. The molecule has 2 aliphatic heterocycles. The second-order valence-electron chi connectivity index (χ2n) is 6.73. The maximum Gasteiger partial charge on any atom is 0.387 e. The molecule has 0 amide bonds. The number of ether oxygens (including phenoxy) is 3. The highest BCUT2D eigenvalue weighted by atomic mass is 127. The Labute approximate surface area is 181 Å². The molecule has 1 aromatic carbocycles. The first-order valence-corrected chi connectivity index (χ1v) is 9.41. The molecular weight excluding hydrogens is 483 g/mol. The van der Waals surface area contributed by atoms with E-state index >= 15 is 0 Å². The fourth-order valence-corrected chi connectivity index (χ4v) is 3.65. The number of fused-ring (bicyclic) bond motifs is 2. The molecule has 28 heavy (non-hydrogen) atoms. The second kappa shape index (κ2) is 11.0. The Balaban J connectivity index is 0.00000280. The number of aliphatic imine (C=N–C) groups is 1. The number of guanidine groups is 1. The third-order valence-corrected chi connectivity index (χ3v) is 4.89. The SMILES string of the molecule is CCNC(=NCCc1ccc(OC)c(OC(F)F)c1)NC1CC2CCC1O2.I. The summed E-state index contributed by atoms with van der Waals surface area (Å²) >= 11 is 0. The number of hydrogen-bond donors (Lipinski definition) is 2. The summed E-state index contributed by atoms with van der Waals surface area (Å²) in [7, 11) is 1.42. The molecule has 2 bridgehead atoms. The minimum Gasteiger partial charge on any atom is -0.493 e. The summed E-state index contributed by atoms with van der Waals surface area (Å²) in [5.74, 6) is 1.09. The number of methoxy groups -OCH3 is 1. The Morgan fingerprint density at radius 3 is 2.75 bits per heavy atom. The van der Waals surface area contributed by atoms with Crippen molar-refractivity contribution >= 4 is 29.9 Å². The average Bonchev–Trinajstić information content (AvgIpc) is 3.24. The van der Waals surface area contributed by atoms with Crippen LogP contribution in [0.15, 0.2) is 23.2 Å². The standard InChI is InChI=1S/C19H27F2N3O3.HI/c1-3-22-19(24-14-11-13-5-7-15(14)26-13)23-9-8-12-4-6-16(25-2)17(10-12)27-18(20)21;/h4,6,10,13-15,18H,3,5,7-9,11H2,1-2H3,(H2,22,23,24);1H. The first kappa shape index (κ1) is 22.9. The van der Waals surface area contributed by atoms with Gasteiger partial charge in [-0.2, -0.15) is 8.78 Å². The maximum absolute atomic E-state index is 12.5. The van der Waals surface area contributed by atoms with Crippen LogP contribution in [0.3, 0.4) is 0 Å². The van der Waals surface area contributed by atoms with Crippen LogP contribution < -0.4 is 20.1 Å². The average molecular weight is 511 g/mol. The molecule has 0 aliphatic carbocycles. The molecule has 2 fully saturated rings. The Bertz CT molecular complexity index is 663. The van der Waals surface area contributed by atoms with Gasteiger partial charge in [-0.15, -0.1) is 24.0 Å². The molecule has 0 spiro atoms. The maximum atomic E-state index is 12.5. The van der Waals surface area contributed by atoms with Gasteiger partial charge in [-0.3, -0.25) is 4.99 Å². The number of nitrogens with zero attached hydrogens (tertiary/aromatic N) is 1. The molecule has 2 saturated heterocycles. The lowest BCUT2D eigenvalue weighted by Crippen LogP contribution is -2.47. The summed E-state index contributed by atoms with van der Waals surface area (Å²) < 4.78 is 40.5. The van der Waals surface area contributed by atoms with Crippen LogP contribution in [0.1, 0.15) is 31.7 Å². The molecule has 3 rings (SSSR count). The third-order valence-electron chi connectivity index (χ3n) is 4.89. The molecule has 2 aliphatic rings. The van der Waals surface area contributed by atoms with Crippen molar-refractivity contribution in [2.45, 2.75) is 57.5 Å². The van der Waals surface area contributed by atoms with Crippen molar-refractivity contribution in [2.75, 3.05) is 20.2 Å². The lowest BCUT2D eigenvalue weighted by atomic mass is 9.96. The van der Waals surface area contributed by atoms with Gasteiger partial charge in [-0.25, -0.2) is 0 Å². The van der Waals surface area contributed by atoms with E-state index in [2.05, 4.69) is 20.4 Å². The summed E-state index contributed by atoms with van der Waals surface area (Å²) in [6.45, 7) is 0.423. The minimum absolute atomic E-state index is 0. The van der Waals surface area contributed by atoms with E-state index in [-0.39, 0.29) is 41.6 Å². The molecule has 6 nitrogen and oxygen atoms in total. The highest BCUT2D eigenvalue weighted by molar-refractivity contribution is 14.0. The van der Waals surface area contributed by atoms with Gasteiger partial charge in [0, 0.05) is 13.1 Å². The molecule has 2 heterocycles. The molecule has 158 valence electrons. The molecule has 0 saturated carbocycles. The topological polar surface area (TPSA) is 64.1 Å². The van der Waals surface area contributed by atoms with Crippen LogP contribution in [-0.4, -0.2) is 51.0 Å². The molecule has 9 heteroatoms. The van der Waals surface area contributed by atoms with Crippen LogP contribution in [0.5, 0.6) is 11.5 Å². The highest BCUT2D eigenvalue weighted by Gasteiger charge is 2.41.